The molecule has 1 spiro atoms. The van der Waals surface area contributed by atoms with Gasteiger partial charge in [0.1, 0.15) is 23.0 Å². The number of amidine groups is 1. The molecule has 2 heterocycles. The van der Waals surface area contributed by atoms with Crippen LogP contribution in [0.1, 0.15) is 68.8 Å². The van der Waals surface area contributed by atoms with Gasteiger partial charge in [0, 0.05) is 23.1 Å². The van der Waals surface area contributed by atoms with E-state index in [4.69, 9.17) is 9.52 Å². The fraction of sp³-hybridized carbons (Fsp3) is 0.414. The van der Waals surface area contributed by atoms with Crippen molar-refractivity contribution >= 4 is 27.6 Å². The summed E-state index contributed by atoms with van der Waals surface area (Å²) in [5.74, 6) is 0.818. The molecule has 5 rings (SSSR count). The topological polar surface area (TPSA) is 105 Å². The summed E-state index contributed by atoms with van der Waals surface area (Å²) < 4.78 is 49.7. The Morgan fingerprint density at radius 3 is 2.51 bits per heavy atom. The molecule has 0 bridgehead atoms. The van der Waals surface area contributed by atoms with Gasteiger partial charge < -0.3 is 4.52 Å². The molecule has 39 heavy (non-hydrogen) atoms. The Hall–Kier alpha value is -3.53. The lowest BCUT2D eigenvalue weighted by Crippen LogP contribution is -2.40. The van der Waals surface area contributed by atoms with Gasteiger partial charge in [-0.15, -0.1) is 0 Å². The van der Waals surface area contributed by atoms with Crippen molar-refractivity contribution in [2.24, 2.45) is 4.99 Å². The molecule has 1 aliphatic carbocycles. The van der Waals surface area contributed by atoms with E-state index in [0.717, 1.165) is 44.4 Å². The summed E-state index contributed by atoms with van der Waals surface area (Å²) in [6.07, 6.45) is 6.13. The normalized spacial score (nSPS) is 16.8. The van der Waals surface area contributed by atoms with Crippen LogP contribution in [0.15, 0.2) is 56.9 Å². The van der Waals surface area contributed by atoms with E-state index in [-0.39, 0.29) is 34.3 Å². The number of hydrogen-bond acceptors (Lipinski definition) is 6. The molecule has 8 nitrogen and oxygen atoms in total. The Bertz CT molecular complexity index is 1540. The van der Waals surface area contributed by atoms with Crippen molar-refractivity contribution in [2.75, 3.05) is 4.72 Å². The average molecular weight is 553 g/mol. The molecule has 0 saturated heterocycles. The van der Waals surface area contributed by atoms with Gasteiger partial charge in [0.15, 0.2) is 5.82 Å². The van der Waals surface area contributed by atoms with Gasteiger partial charge in [0.25, 0.3) is 15.9 Å². The molecule has 1 aliphatic heterocycles. The minimum atomic E-state index is -4.09. The number of aliphatic imine (C=N–C) groups is 1. The van der Waals surface area contributed by atoms with Crippen LogP contribution in [0.3, 0.4) is 0 Å². The van der Waals surface area contributed by atoms with Crippen molar-refractivity contribution in [3.8, 4) is 11.1 Å². The predicted octanol–water partition coefficient (Wildman–Crippen LogP) is 6.14. The zero-order valence-corrected chi connectivity index (χ0v) is 23.3. The largest absolute Gasteiger partial charge is 0.359 e. The number of nitrogens with one attached hydrogen (secondary N) is 1. The maximum Gasteiger partial charge on any atom is 0.263 e. The van der Waals surface area contributed by atoms with Crippen LogP contribution in [-0.2, 0) is 21.4 Å². The molecule has 2 aromatic carbocycles. The molecule has 0 atom stereocenters. The maximum absolute atomic E-state index is 15.6. The number of carbonyl (C=O) groups excluding carboxylic acids is 1. The number of rotatable bonds is 9. The van der Waals surface area contributed by atoms with Gasteiger partial charge >= 0.3 is 0 Å². The van der Waals surface area contributed by atoms with Crippen molar-refractivity contribution in [2.45, 2.75) is 82.7 Å². The third-order valence-corrected chi connectivity index (χ3v) is 9.11. The number of anilines is 1. The summed E-state index contributed by atoms with van der Waals surface area (Å²) in [6, 6.07) is 10.9. The number of amides is 1. The molecule has 0 radical (unpaired) electrons. The standard InChI is InChI=1S/C29H33FN4O4S/c1-4-5-12-26-31-29(15-8-9-16-29)28(35)34(26)18-21-13-14-22(24(30)17-21)23-10-6-7-11-25(23)39(36,37)33-27-19(2)20(3)38-32-27/h6-7,10-11,13-14,17H,4-5,8-9,12,15-16,18H2,1-3H3,(H,32,33). The number of halogens is 1. The number of carbonyl (C=O) groups is 1. The molecule has 2 aliphatic rings. The van der Waals surface area contributed by atoms with Crippen molar-refractivity contribution < 1.29 is 22.1 Å². The molecule has 3 aromatic rings. The van der Waals surface area contributed by atoms with E-state index in [2.05, 4.69) is 16.8 Å². The van der Waals surface area contributed by atoms with Gasteiger partial charge in [-0.2, -0.15) is 0 Å². The highest BCUT2D eigenvalue weighted by atomic mass is 32.2. The van der Waals surface area contributed by atoms with Crippen molar-refractivity contribution in [1.82, 2.24) is 10.1 Å². The predicted molar refractivity (Wildman–Crippen MR) is 147 cm³/mol. The van der Waals surface area contributed by atoms with Crippen LogP contribution in [-0.4, -0.2) is 35.8 Å². The van der Waals surface area contributed by atoms with Gasteiger partial charge in [-0.25, -0.2) is 12.8 Å². The number of benzene rings is 2. The van der Waals surface area contributed by atoms with Gasteiger partial charge in [-0.05, 0) is 50.8 Å². The first-order valence-corrected chi connectivity index (χ1v) is 14.9. The highest BCUT2D eigenvalue weighted by Crippen LogP contribution is 2.40. The Kier molecular flexibility index (Phi) is 7.33. The zero-order valence-electron chi connectivity index (χ0n) is 22.5. The van der Waals surface area contributed by atoms with Crippen LogP contribution in [0.2, 0.25) is 0 Å². The fourth-order valence-corrected chi connectivity index (χ4v) is 6.65. The van der Waals surface area contributed by atoms with Crippen LogP contribution >= 0.6 is 0 Å². The summed E-state index contributed by atoms with van der Waals surface area (Å²) >= 11 is 0. The first-order valence-electron chi connectivity index (χ1n) is 13.4. The van der Waals surface area contributed by atoms with Gasteiger partial charge in [0.2, 0.25) is 0 Å². The van der Waals surface area contributed by atoms with Crippen molar-refractivity contribution in [3.05, 3.63) is 65.2 Å². The van der Waals surface area contributed by atoms with Crippen molar-refractivity contribution in [1.29, 1.82) is 0 Å². The first kappa shape index (κ1) is 27.1. The Balaban J connectivity index is 1.42. The minimum absolute atomic E-state index is 0.0106. The molecule has 1 saturated carbocycles. The van der Waals surface area contributed by atoms with E-state index in [1.165, 1.54) is 12.1 Å². The zero-order chi connectivity index (χ0) is 27.8. The van der Waals surface area contributed by atoms with Gasteiger partial charge in [0.05, 0.1) is 11.4 Å². The van der Waals surface area contributed by atoms with Crippen LogP contribution < -0.4 is 4.72 Å². The third kappa shape index (κ3) is 5.09. The van der Waals surface area contributed by atoms with E-state index in [1.807, 2.05) is 0 Å². The summed E-state index contributed by atoms with van der Waals surface area (Å²) in [5, 5.41) is 3.78. The number of hydrogen-bond donors (Lipinski definition) is 1. The quantitative estimate of drug-likeness (QED) is 0.343. The second kappa shape index (κ2) is 10.6. The van der Waals surface area contributed by atoms with E-state index in [0.29, 0.717) is 23.3 Å². The lowest BCUT2D eigenvalue weighted by Gasteiger charge is -2.23. The smallest absolute Gasteiger partial charge is 0.263 e. The molecule has 206 valence electrons. The highest BCUT2D eigenvalue weighted by molar-refractivity contribution is 7.92. The average Bonchev–Trinajstić information content (AvgIpc) is 3.59. The maximum atomic E-state index is 15.6. The number of sulfonamides is 1. The number of unbranched alkanes of at least 4 members (excludes halogenated alkanes) is 1. The molecule has 1 amide bonds. The van der Waals surface area contributed by atoms with E-state index in [1.54, 1.807) is 49.1 Å². The van der Waals surface area contributed by atoms with E-state index < -0.39 is 21.4 Å². The van der Waals surface area contributed by atoms with E-state index >= 15 is 4.39 Å². The molecular weight excluding hydrogens is 519 g/mol. The first-order chi connectivity index (χ1) is 18.6. The number of aryl methyl sites for hydroxylation is 1. The summed E-state index contributed by atoms with van der Waals surface area (Å²) in [7, 11) is -4.09. The minimum Gasteiger partial charge on any atom is -0.359 e. The number of aromatic nitrogens is 1. The molecule has 1 aromatic heterocycles. The molecule has 1 N–H and O–H groups in total. The lowest BCUT2D eigenvalue weighted by molar-refractivity contribution is -0.131. The Morgan fingerprint density at radius 1 is 1.10 bits per heavy atom. The SMILES string of the molecule is CCCCC1=NC2(CCCC2)C(=O)N1Cc1ccc(-c2ccccc2S(=O)(=O)Nc2noc(C)c2C)c(F)c1. The number of nitrogens with zero attached hydrogens (tertiary/aromatic N) is 3. The fourth-order valence-electron chi connectivity index (χ4n) is 5.37. The van der Waals surface area contributed by atoms with Gasteiger partial charge in [-0.1, -0.05) is 61.7 Å². The Morgan fingerprint density at radius 2 is 1.85 bits per heavy atom. The van der Waals surface area contributed by atoms with Crippen LogP contribution in [0.5, 0.6) is 0 Å². The lowest BCUT2D eigenvalue weighted by atomic mass is 9.98. The second-order valence-electron chi connectivity index (χ2n) is 10.4. The van der Waals surface area contributed by atoms with Crippen LogP contribution in [0, 0.1) is 19.7 Å². The third-order valence-electron chi connectivity index (χ3n) is 7.71. The molecule has 10 heteroatoms. The Labute approximate surface area is 228 Å². The van der Waals surface area contributed by atoms with E-state index in [9.17, 15) is 13.2 Å². The van der Waals surface area contributed by atoms with Crippen molar-refractivity contribution in [3.63, 3.8) is 0 Å². The van der Waals surface area contributed by atoms with Gasteiger partial charge in [-0.3, -0.25) is 19.4 Å². The summed E-state index contributed by atoms with van der Waals surface area (Å²) in [5.41, 5.74) is 0.912. The molecule has 0 unspecified atom stereocenters. The molecular formula is C29H33FN4O4S. The van der Waals surface area contributed by atoms with Crippen LogP contribution in [0.25, 0.3) is 11.1 Å². The highest BCUT2D eigenvalue weighted by Gasteiger charge is 2.49. The van der Waals surface area contributed by atoms with Crippen LogP contribution in [0.4, 0.5) is 10.2 Å². The summed E-state index contributed by atoms with van der Waals surface area (Å²) in [6.45, 7) is 5.72. The second-order valence-corrected chi connectivity index (χ2v) is 12.0. The summed E-state index contributed by atoms with van der Waals surface area (Å²) in [4.78, 5) is 20.0. The monoisotopic (exact) mass is 552 g/mol. The molecule has 1 fully saturated rings.